The highest BCUT2D eigenvalue weighted by atomic mass is 32.2. The summed E-state index contributed by atoms with van der Waals surface area (Å²) in [5.74, 6) is -1.13. The Balaban J connectivity index is 2.48. The molecular weight excluding hydrogens is 260 g/mol. The lowest BCUT2D eigenvalue weighted by molar-refractivity contribution is -0.139. The molecule has 1 N–H and O–H groups in total. The van der Waals surface area contributed by atoms with Gasteiger partial charge >= 0.3 is 5.97 Å². The molecule has 1 fully saturated rings. The van der Waals surface area contributed by atoms with Crippen molar-refractivity contribution in [2.75, 3.05) is 27.2 Å². The third kappa shape index (κ3) is 4.25. The van der Waals surface area contributed by atoms with Crippen LogP contribution in [-0.2, 0) is 9.59 Å². The van der Waals surface area contributed by atoms with Gasteiger partial charge in [0.2, 0.25) is 5.91 Å². The molecule has 0 radical (unpaired) electrons. The number of hydrogen-bond acceptors (Lipinski definition) is 5. The van der Waals surface area contributed by atoms with Gasteiger partial charge in [-0.2, -0.15) is 0 Å². The molecule has 5 nitrogen and oxygen atoms in total. The maximum absolute atomic E-state index is 11.9. The number of amides is 1. The van der Waals surface area contributed by atoms with Gasteiger partial charge in [-0.25, -0.2) is 0 Å². The minimum Gasteiger partial charge on any atom is -0.481 e. The van der Waals surface area contributed by atoms with Gasteiger partial charge in [0.1, 0.15) is 9.57 Å². The van der Waals surface area contributed by atoms with Gasteiger partial charge in [0, 0.05) is 6.54 Å². The summed E-state index contributed by atoms with van der Waals surface area (Å²) in [7, 11) is 3.93. The van der Waals surface area contributed by atoms with E-state index in [-0.39, 0.29) is 12.3 Å². The Bertz CT molecular complexity index is 334. The molecule has 1 saturated heterocycles. The van der Waals surface area contributed by atoms with Crippen LogP contribution in [0, 0.1) is 0 Å². The maximum Gasteiger partial charge on any atom is 0.305 e. The molecule has 1 aliphatic heterocycles. The molecule has 0 spiro atoms. The highest BCUT2D eigenvalue weighted by Gasteiger charge is 2.37. The fourth-order valence-corrected chi connectivity index (χ4v) is 3.07. The van der Waals surface area contributed by atoms with Crippen LogP contribution in [0.1, 0.15) is 12.8 Å². The number of aliphatic carboxylic acids is 1. The molecule has 96 valence electrons. The molecule has 0 aromatic heterocycles. The van der Waals surface area contributed by atoms with E-state index < -0.39 is 11.2 Å². The van der Waals surface area contributed by atoms with E-state index in [2.05, 4.69) is 0 Å². The Morgan fingerprint density at radius 3 is 2.76 bits per heavy atom. The van der Waals surface area contributed by atoms with Gasteiger partial charge in [0.05, 0.1) is 6.42 Å². The van der Waals surface area contributed by atoms with Crippen molar-refractivity contribution in [1.29, 1.82) is 0 Å². The second kappa shape index (κ2) is 6.32. The maximum atomic E-state index is 11.9. The molecular formula is C10H16N2O3S2. The van der Waals surface area contributed by atoms with Crippen LogP contribution in [0.15, 0.2) is 0 Å². The summed E-state index contributed by atoms with van der Waals surface area (Å²) in [6.45, 7) is 1.44. The van der Waals surface area contributed by atoms with Gasteiger partial charge < -0.3 is 10.0 Å². The minimum atomic E-state index is -0.964. The van der Waals surface area contributed by atoms with Crippen LogP contribution in [0.3, 0.4) is 0 Å². The third-order valence-electron chi connectivity index (χ3n) is 2.35. The summed E-state index contributed by atoms with van der Waals surface area (Å²) in [4.78, 5) is 26.0. The number of carbonyl (C=O) groups is 2. The van der Waals surface area contributed by atoms with Gasteiger partial charge in [0.25, 0.3) is 0 Å². The number of thiocarbonyl (C=S) groups is 1. The van der Waals surface area contributed by atoms with Gasteiger partial charge in [-0.05, 0) is 27.1 Å². The van der Waals surface area contributed by atoms with E-state index in [1.54, 1.807) is 0 Å². The van der Waals surface area contributed by atoms with Crippen molar-refractivity contribution in [2.45, 2.75) is 18.1 Å². The highest BCUT2D eigenvalue weighted by molar-refractivity contribution is 8.24. The van der Waals surface area contributed by atoms with E-state index in [9.17, 15) is 9.59 Å². The summed E-state index contributed by atoms with van der Waals surface area (Å²) < 4.78 is 0.500. The summed E-state index contributed by atoms with van der Waals surface area (Å²) in [5.41, 5.74) is 0. The molecule has 0 aromatic rings. The lowest BCUT2D eigenvalue weighted by Crippen LogP contribution is -2.34. The van der Waals surface area contributed by atoms with E-state index in [0.717, 1.165) is 13.0 Å². The van der Waals surface area contributed by atoms with E-state index in [0.29, 0.717) is 10.9 Å². The zero-order valence-corrected chi connectivity index (χ0v) is 11.5. The van der Waals surface area contributed by atoms with Crippen LogP contribution in [0.2, 0.25) is 0 Å². The number of carboxylic acid groups (broad SMARTS) is 1. The third-order valence-corrected chi connectivity index (χ3v) is 3.94. The van der Waals surface area contributed by atoms with Gasteiger partial charge in [0.15, 0.2) is 0 Å². The normalized spacial score (nSPS) is 20.4. The van der Waals surface area contributed by atoms with Crippen LogP contribution in [0.5, 0.6) is 0 Å². The quantitative estimate of drug-likeness (QED) is 0.719. The fraction of sp³-hybridized carbons (Fsp3) is 0.700. The number of rotatable bonds is 6. The van der Waals surface area contributed by atoms with Crippen molar-refractivity contribution in [3.8, 4) is 0 Å². The first-order valence-electron chi connectivity index (χ1n) is 5.30. The van der Waals surface area contributed by atoms with E-state index in [1.165, 1.54) is 16.7 Å². The summed E-state index contributed by atoms with van der Waals surface area (Å²) in [5, 5.41) is 8.14. The van der Waals surface area contributed by atoms with Crippen LogP contribution >= 0.6 is 24.0 Å². The minimum absolute atomic E-state index is 0.159. The van der Waals surface area contributed by atoms with Gasteiger partial charge in [-0.3, -0.25) is 14.5 Å². The predicted octanol–water partition coefficient (Wildman–Crippen LogP) is 0.642. The van der Waals surface area contributed by atoms with Crippen molar-refractivity contribution >= 4 is 40.2 Å². The molecule has 1 aliphatic rings. The molecule has 17 heavy (non-hydrogen) atoms. The van der Waals surface area contributed by atoms with E-state index in [4.69, 9.17) is 17.3 Å². The van der Waals surface area contributed by atoms with E-state index in [1.807, 2.05) is 19.0 Å². The Hall–Kier alpha value is -0.660. The molecule has 7 heteroatoms. The number of carboxylic acids is 1. The molecule has 0 aromatic carbocycles. The summed E-state index contributed by atoms with van der Waals surface area (Å²) in [6, 6.07) is 0. The monoisotopic (exact) mass is 276 g/mol. The number of thioether (sulfide) groups is 1. The van der Waals surface area contributed by atoms with Crippen molar-refractivity contribution in [3.63, 3.8) is 0 Å². The Kier molecular flexibility index (Phi) is 5.35. The first-order chi connectivity index (χ1) is 7.91. The van der Waals surface area contributed by atoms with Crippen LogP contribution < -0.4 is 0 Å². The molecule has 0 aliphatic carbocycles. The Morgan fingerprint density at radius 1 is 1.59 bits per heavy atom. The fourth-order valence-electron chi connectivity index (χ4n) is 1.53. The second-order valence-electron chi connectivity index (χ2n) is 4.12. The molecule has 1 heterocycles. The Morgan fingerprint density at radius 2 is 2.24 bits per heavy atom. The van der Waals surface area contributed by atoms with Crippen LogP contribution in [-0.4, -0.2) is 63.5 Å². The topological polar surface area (TPSA) is 60.9 Å². The second-order valence-corrected chi connectivity index (χ2v) is 5.95. The first kappa shape index (κ1) is 14.4. The smallest absolute Gasteiger partial charge is 0.305 e. The first-order valence-corrected chi connectivity index (χ1v) is 6.59. The predicted molar refractivity (Wildman–Crippen MR) is 71.1 cm³/mol. The summed E-state index contributed by atoms with van der Waals surface area (Å²) >= 11 is 6.27. The van der Waals surface area contributed by atoms with Crippen molar-refractivity contribution in [3.05, 3.63) is 0 Å². The van der Waals surface area contributed by atoms with Gasteiger partial charge in [-0.1, -0.05) is 24.0 Å². The lowest BCUT2D eigenvalue weighted by Gasteiger charge is -2.16. The molecule has 0 unspecified atom stereocenters. The molecule has 0 bridgehead atoms. The van der Waals surface area contributed by atoms with Crippen LogP contribution in [0.25, 0.3) is 0 Å². The van der Waals surface area contributed by atoms with Crippen molar-refractivity contribution in [2.24, 2.45) is 0 Å². The number of nitrogens with zero attached hydrogens (tertiary/aromatic N) is 2. The highest BCUT2D eigenvalue weighted by Crippen LogP contribution is 2.29. The average Bonchev–Trinajstić information content (AvgIpc) is 2.44. The number of hydrogen-bond donors (Lipinski definition) is 1. The molecule has 0 saturated carbocycles. The Labute approximate surface area is 110 Å². The zero-order valence-electron chi connectivity index (χ0n) is 9.88. The average molecular weight is 276 g/mol. The lowest BCUT2D eigenvalue weighted by atomic mass is 10.2. The van der Waals surface area contributed by atoms with Crippen molar-refractivity contribution < 1.29 is 14.7 Å². The van der Waals surface area contributed by atoms with E-state index >= 15 is 0 Å². The standard InChI is InChI=1S/C10H16N2O3S2/c1-11(2)4-3-5-12-9(15)7(6-8(13)14)17-10(12)16/h7H,3-6H2,1-2H3,(H,13,14)/t7-/m1/s1. The molecule has 1 amide bonds. The molecule has 1 rings (SSSR count). The number of carbonyl (C=O) groups excluding carboxylic acids is 1. The largest absolute Gasteiger partial charge is 0.481 e. The zero-order chi connectivity index (χ0) is 13.0. The van der Waals surface area contributed by atoms with Gasteiger partial charge in [-0.15, -0.1) is 0 Å². The van der Waals surface area contributed by atoms with Crippen LogP contribution in [0.4, 0.5) is 0 Å². The van der Waals surface area contributed by atoms with Crippen molar-refractivity contribution in [1.82, 2.24) is 9.80 Å². The SMILES string of the molecule is CN(C)CCCN1C(=O)[C@@H](CC(=O)O)SC1=S. The summed E-state index contributed by atoms with van der Waals surface area (Å²) in [6.07, 6.45) is 0.674. The molecule has 1 atom stereocenters.